The van der Waals surface area contributed by atoms with Gasteiger partial charge in [-0.3, -0.25) is 4.79 Å². The molecular weight excluding hydrogens is 351 g/mol. The fourth-order valence-electron chi connectivity index (χ4n) is 2.07. The molecule has 1 saturated heterocycles. The zero-order chi connectivity index (χ0) is 15.1. The van der Waals surface area contributed by atoms with E-state index in [4.69, 9.17) is 0 Å². The second kappa shape index (κ2) is 5.09. The highest BCUT2D eigenvalue weighted by molar-refractivity contribution is 9.10. The van der Waals surface area contributed by atoms with Crippen LogP contribution in [0.25, 0.3) is 0 Å². The van der Waals surface area contributed by atoms with Crippen molar-refractivity contribution in [3.63, 3.8) is 0 Å². The minimum atomic E-state index is -3.93. The summed E-state index contributed by atoms with van der Waals surface area (Å²) in [4.78, 5) is 11.7. The first-order valence-corrected chi connectivity index (χ1v) is 8.17. The van der Waals surface area contributed by atoms with Gasteiger partial charge in [0, 0.05) is 13.1 Å². The Balaban J connectivity index is 2.49. The zero-order valence-corrected chi connectivity index (χ0v) is 13.4. The van der Waals surface area contributed by atoms with Crippen molar-refractivity contribution in [3.05, 3.63) is 28.5 Å². The Morgan fingerprint density at radius 2 is 2.05 bits per heavy atom. The monoisotopic (exact) mass is 364 g/mol. The number of piperazine rings is 1. The molecule has 1 amide bonds. The molecule has 0 saturated carbocycles. The number of amides is 1. The summed E-state index contributed by atoms with van der Waals surface area (Å²) >= 11 is 2.98. The minimum absolute atomic E-state index is 0.152. The summed E-state index contributed by atoms with van der Waals surface area (Å²) in [6, 6.07) is 3.59. The smallest absolute Gasteiger partial charge is 0.244 e. The Morgan fingerprint density at radius 3 is 2.65 bits per heavy atom. The maximum Gasteiger partial charge on any atom is 0.244 e. The number of benzene rings is 1. The maximum absolute atomic E-state index is 13.5. The van der Waals surface area contributed by atoms with E-state index in [9.17, 15) is 17.6 Å². The van der Waals surface area contributed by atoms with E-state index in [1.54, 1.807) is 0 Å². The molecule has 0 aromatic heterocycles. The lowest BCUT2D eigenvalue weighted by Gasteiger charge is -2.39. The number of carbonyl (C=O) groups is 1. The second-order valence-corrected chi connectivity index (χ2v) is 7.68. The van der Waals surface area contributed by atoms with Crippen LogP contribution >= 0.6 is 15.9 Å². The van der Waals surface area contributed by atoms with Crippen LogP contribution in [0.2, 0.25) is 0 Å². The van der Waals surface area contributed by atoms with Gasteiger partial charge >= 0.3 is 0 Å². The van der Waals surface area contributed by atoms with Crippen LogP contribution in [0.15, 0.2) is 27.6 Å². The van der Waals surface area contributed by atoms with E-state index in [-0.39, 0.29) is 28.4 Å². The first kappa shape index (κ1) is 15.4. The van der Waals surface area contributed by atoms with Crippen molar-refractivity contribution in [2.45, 2.75) is 24.3 Å². The van der Waals surface area contributed by atoms with Gasteiger partial charge in [0.25, 0.3) is 0 Å². The second-order valence-electron chi connectivity index (χ2n) is 4.97. The summed E-state index contributed by atoms with van der Waals surface area (Å²) in [5, 5.41) is 2.62. The molecule has 1 aliphatic rings. The van der Waals surface area contributed by atoms with E-state index in [1.807, 2.05) is 0 Å². The molecule has 0 spiro atoms. The van der Waals surface area contributed by atoms with Gasteiger partial charge in [-0.2, -0.15) is 4.31 Å². The summed E-state index contributed by atoms with van der Waals surface area (Å²) in [5.41, 5.74) is -1.21. The highest BCUT2D eigenvalue weighted by atomic mass is 79.9. The summed E-state index contributed by atoms with van der Waals surface area (Å²) in [6.45, 7) is 3.43. The van der Waals surface area contributed by atoms with Gasteiger partial charge in [-0.05, 0) is 48.0 Å². The summed E-state index contributed by atoms with van der Waals surface area (Å²) < 4.78 is 40.0. The largest absolute Gasteiger partial charge is 0.353 e. The predicted octanol–water partition coefficient (Wildman–Crippen LogP) is 1.49. The van der Waals surface area contributed by atoms with Gasteiger partial charge in [0.2, 0.25) is 15.9 Å². The third kappa shape index (κ3) is 2.47. The number of nitrogens with zero attached hydrogens (tertiary/aromatic N) is 1. The number of halogens is 2. The third-order valence-corrected chi connectivity index (χ3v) is 5.97. The van der Waals surface area contributed by atoms with E-state index in [2.05, 4.69) is 21.2 Å². The van der Waals surface area contributed by atoms with Crippen LogP contribution in [0.3, 0.4) is 0 Å². The Bertz CT molecular complexity index is 661. The average Bonchev–Trinajstić information content (AvgIpc) is 2.35. The summed E-state index contributed by atoms with van der Waals surface area (Å²) in [5.74, 6) is -1.03. The molecule has 0 unspecified atom stereocenters. The van der Waals surface area contributed by atoms with Crippen LogP contribution in [-0.4, -0.2) is 37.3 Å². The Labute approximate surface area is 125 Å². The topological polar surface area (TPSA) is 66.5 Å². The molecule has 1 heterocycles. The molecule has 0 atom stereocenters. The van der Waals surface area contributed by atoms with Crippen LogP contribution in [-0.2, 0) is 14.8 Å². The highest BCUT2D eigenvalue weighted by Crippen LogP contribution is 2.28. The van der Waals surface area contributed by atoms with Crippen molar-refractivity contribution in [1.29, 1.82) is 0 Å². The molecule has 1 aliphatic heterocycles. The summed E-state index contributed by atoms with van der Waals surface area (Å²) in [6.07, 6.45) is 0. The van der Waals surface area contributed by atoms with Crippen molar-refractivity contribution < 1.29 is 17.6 Å². The lowest BCUT2D eigenvalue weighted by atomic mass is 10.0. The van der Waals surface area contributed by atoms with Crippen molar-refractivity contribution in [2.75, 3.05) is 13.1 Å². The fourth-order valence-corrected chi connectivity index (χ4v) is 4.07. The molecule has 0 aliphatic carbocycles. The van der Waals surface area contributed by atoms with Gasteiger partial charge in [0.15, 0.2) is 0 Å². The van der Waals surface area contributed by atoms with Gasteiger partial charge in [0.1, 0.15) is 11.4 Å². The molecule has 8 heteroatoms. The minimum Gasteiger partial charge on any atom is -0.353 e. The molecule has 1 fully saturated rings. The quantitative estimate of drug-likeness (QED) is 0.864. The predicted molar refractivity (Wildman–Crippen MR) is 75.1 cm³/mol. The lowest BCUT2D eigenvalue weighted by Crippen LogP contribution is -2.63. The molecule has 5 nitrogen and oxygen atoms in total. The zero-order valence-electron chi connectivity index (χ0n) is 11.0. The standard InChI is InChI=1S/C12H14BrFN2O3S/c1-12(2)11(17)15-5-6-16(12)20(18,19)8-3-4-9(13)10(14)7-8/h3-4,7H,5-6H2,1-2H3,(H,15,17). The number of carbonyl (C=O) groups excluding carboxylic acids is 1. The number of rotatable bonds is 2. The lowest BCUT2D eigenvalue weighted by molar-refractivity contribution is -0.131. The Morgan fingerprint density at radius 1 is 1.40 bits per heavy atom. The van der Waals surface area contributed by atoms with Gasteiger partial charge in [0.05, 0.1) is 9.37 Å². The van der Waals surface area contributed by atoms with Crippen molar-refractivity contribution >= 4 is 31.9 Å². The maximum atomic E-state index is 13.5. The van der Waals surface area contributed by atoms with Crippen molar-refractivity contribution in [3.8, 4) is 0 Å². The van der Waals surface area contributed by atoms with E-state index in [0.29, 0.717) is 0 Å². The number of sulfonamides is 1. The Kier molecular flexibility index (Phi) is 3.92. The molecule has 2 rings (SSSR count). The van der Waals surface area contributed by atoms with Crippen molar-refractivity contribution in [2.24, 2.45) is 0 Å². The van der Waals surface area contributed by atoms with Gasteiger partial charge in [-0.15, -0.1) is 0 Å². The van der Waals surface area contributed by atoms with Crippen LogP contribution in [0, 0.1) is 5.82 Å². The van der Waals surface area contributed by atoms with Crippen LogP contribution in [0.1, 0.15) is 13.8 Å². The summed E-state index contributed by atoms with van der Waals surface area (Å²) in [7, 11) is -3.93. The fraction of sp³-hybridized carbons (Fsp3) is 0.417. The number of hydrogen-bond acceptors (Lipinski definition) is 3. The SMILES string of the molecule is CC1(C)C(=O)NCCN1S(=O)(=O)c1ccc(Br)c(F)c1. The number of nitrogens with one attached hydrogen (secondary N) is 1. The molecule has 1 N–H and O–H groups in total. The van der Waals surface area contributed by atoms with E-state index >= 15 is 0 Å². The molecular formula is C12H14BrFN2O3S. The van der Waals surface area contributed by atoms with Crippen LogP contribution in [0.5, 0.6) is 0 Å². The number of hydrogen-bond donors (Lipinski definition) is 1. The molecule has 20 heavy (non-hydrogen) atoms. The van der Waals surface area contributed by atoms with E-state index in [1.165, 1.54) is 26.0 Å². The molecule has 1 aromatic rings. The van der Waals surface area contributed by atoms with Gasteiger partial charge in [-0.1, -0.05) is 0 Å². The van der Waals surface area contributed by atoms with E-state index in [0.717, 1.165) is 10.4 Å². The molecule has 0 radical (unpaired) electrons. The van der Waals surface area contributed by atoms with Gasteiger partial charge < -0.3 is 5.32 Å². The first-order valence-electron chi connectivity index (χ1n) is 5.93. The molecule has 1 aromatic carbocycles. The molecule has 110 valence electrons. The van der Waals surface area contributed by atoms with E-state index < -0.39 is 21.4 Å². The first-order chi connectivity index (χ1) is 9.17. The van der Waals surface area contributed by atoms with Crippen LogP contribution < -0.4 is 5.32 Å². The third-order valence-electron chi connectivity index (χ3n) is 3.26. The van der Waals surface area contributed by atoms with Crippen molar-refractivity contribution in [1.82, 2.24) is 9.62 Å². The average molecular weight is 365 g/mol. The van der Waals surface area contributed by atoms with Crippen LogP contribution in [0.4, 0.5) is 4.39 Å². The van der Waals surface area contributed by atoms with Gasteiger partial charge in [-0.25, -0.2) is 12.8 Å². The Hall–Kier alpha value is -0.990. The highest BCUT2D eigenvalue weighted by Gasteiger charge is 2.44. The molecule has 0 bridgehead atoms. The normalized spacial score (nSPS) is 19.7.